The smallest absolute Gasteiger partial charge is 0.416 e. The molecule has 11 heteroatoms. The highest BCUT2D eigenvalue weighted by Gasteiger charge is 2.30. The van der Waals surface area contributed by atoms with Gasteiger partial charge < -0.3 is 19.5 Å². The van der Waals surface area contributed by atoms with Crippen LogP contribution in [-0.4, -0.2) is 69.4 Å². The quantitative estimate of drug-likeness (QED) is 0.303. The third-order valence-corrected chi connectivity index (χ3v) is 7.03. The lowest BCUT2D eigenvalue weighted by atomic mass is 10.1. The van der Waals surface area contributed by atoms with Crippen LogP contribution >= 0.6 is 0 Å². The molecule has 1 aliphatic heterocycles. The van der Waals surface area contributed by atoms with E-state index in [4.69, 9.17) is 4.74 Å². The minimum Gasteiger partial charge on any atom is -0.457 e. The van der Waals surface area contributed by atoms with E-state index >= 15 is 0 Å². The average Bonchev–Trinajstić information content (AvgIpc) is 3.23. The highest BCUT2D eigenvalue weighted by Crippen LogP contribution is 2.31. The molecule has 0 amide bonds. The number of aryl methyl sites for hydroxylation is 1. The van der Waals surface area contributed by atoms with Crippen LogP contribution in [0.15, 0.2) is 60.8 Å². The summed E-state index contributed by atoms with van der Waals surface area (Å²) in [6.45, 7) is 7.37. The minimum atomic E-state index is -4.39. The number of benzene rings is 2. The summed E-state index contributed by atoms with van der Waals surface area (Å²) in [5, 5.41) is 3.07. The molecule has 0 bridgehead atoms. The Balaban J connectivity index is 1.22. The standard InChI is InChI=1S/C29H31F3N6O2/c1-3-37-12-14-38(15-13-37)19-23(39)16-22-17-25(10-11-33-22)40-24-8-9-27-26(18-24)35-28(36(27)2)34-21-6-4-20(5-7-21)29(30,31)32/h4-11,17-18H,3,12-16,19H2,1-2H3,(H,34,35). The summed E-state index contributed by atoms with van der Waals surface area (Å²) in [7, 11) is 1.82. The number of alkyl halides is 3. The predicted octanol–water partition coefficient (Wildman–Crippen LogP) is 5.27. The zero-order valence-electron chi connectivity index (χ0n) is 22.4. The number of carbonyl (C=O) groups excluding carboxylic acids is 1. The number of rotatable bonds is 9. The van der Waals surface area contributed by atoms with Crippen molar-refractivity contribution in [1.82, 2.24) is 24.3 Å². The molecule has 4 aromatic rings. The molecule has 2 aromatic carbocycles. The van der Waals surface area contributed by atoms with Crippen molar-refractivity contribution in [3.63, 3.8) is 0 Å². The third kappa shape index (κ3) is 6.60. The molecule has 5 rings (SSSR count). The number of likely N-dealkylation sites (N-methyl/N-ethyl adjacent to an activating group) is 1. The number of halogens is 3. The van der Waals surface area contributed by atoms with Crippen molar-refractivity contribution < 1.29 is 22.7 Å². The molecule has 8 nitrogen and oxygen atoms in total. The Hall–Kier alpha value is -3.96. The van der Waals surface area contributed by atoms with Crippen LogP contribution in [0.3, 0.4) is 0 Å². The maximum absolute atomic E-state index is 12.9. The van der Waals surface area contributed by atoms with Crippen LogP contribution in [0.2, 0.25) is 0 Å². The number of ketones is 1. The van der Waals surface area contributed by atoms with Crippen molar-refractivity contribution in [2.45, 2.75) is 19.5 Å². The molecule has 210 valence electrons. The number of fused-ring (bicyclic) bond motifs is 1. The van der Waals surface area contributed by atoms with Crippen LogP contribution < -0.4 is 10.1 Å². The Morgan fingerprint density at radius 2 is 1.68 bits per heavy atom. The summed E-state index contributed by atoms with van der Waals surface area (Å²) in [5.41, 5.74) is 1.91. The number of nitrogens with one attached hydrogen (secondary N) is 1. The van der Waals surface area contributed by atoms with Crippen LogP contribution in [0.25, 0.3) is 11.0 Å². The first-order valence-electron chi connectivity index (χ1n) is 13.2. The normalized spacial score (nSPS) is 14.9. The fraction of sp³-hybridized carbons (Fsp3) is 0.345. The van der Waals surface area contributed by atoms with Crippen molar-refractivity contribution in [3.8, 4) is 11.5 Å². The number of aromatic nitrogens is 3. The second kappa shape index (κ2) is 11.6. The zero-order valence-corrected chi connectivity index (χ0v) is 22.4. The monoisotopic (exact) mass is 552 g/mol. The lowest BCUT2D eigenvalue weighted by Crippen LogP contribution is -2.47. The number of anilines is 2. The number of imidazole rings is 1. The predicted molar refractivity (Wildman–Crippen MR) is 147 cm³/mol. The Kier molecular flexibility index (Phi) is 8.04. The van der Waals surface area contributed by atoms with Crippen molar-refractivity contribution >= 4 is 28.5 Å². The van der Waals surface area contributed by atoms with Crippen LogP contribution in [0.4, 0.5) is 24.8 Å². The fourth-order valence-corrected chi connectivity index (χ4v) is 4.75. The van der Waals surface area contributed by atoms with Crippen molar-refractivity contribution in [2.75, 3.05) is 44.6 Å². The summed E-state index contributed by atoms with van der Waals surface area (Å²) in [5.74, 6) is 1.72. The maximum Gasteiger partial charge on any atom is 0.416 e. The molecule has 2 aromatic heterocycles. The van der Waals surface area contributed by atoms with Crippen LogP contribution in [-0.2, 0) is 24.4 Å². The van der Waals surface area contributed by atoms with Gasteiger partial charge in [0.15, 0.2) is 5.78 Å². The first kappa shape index (κ1) is 27.6. The van der Waals surface area contributed by atoms with Gasteiger partial charge in [-0.15, -0.1) is 0 Å². The molecule has 0 saturated carbocycles. The second-order valence-electron chi connectivity index (χ2n) is 9.86. The molecule has 40 heavy (non-hydrogen) atoms. The molecule has 0 atom stereocenters. The number of pyridine rings is 1. The van der Waals surface area contributed by atoms with Crippen molar-refractivity contribution in [2.24, 2.45) is 7.05 Å². The van der Waals surface area contributed by atoms with Crippen LogP contribution in [0.5, 0.6) is 11.5 Å². The van der Waals surface area contributed by atoms with E-state index in [9.17, 15) is 18.0 Å². The summed E-state index contributed by atoms with van der Waals surface area (Å²) >= 11 is 0. The lowest BCUT2D eigenvalue weighted by molar-refractivity contribution is -0.137. The lowest BCUT2D eigenvalue weighted by Gasteiger charge is -2.33. The number of hydrogen-bond acceptors (Lipinski definition) is 7. The van der Waals surface area contributed by atoms with E-state index < -0.39 is 11.7 Å². The molecule has 1 saturated heterocycles. The molecule has 1 N–H and O–H groups in total. The summed E-state index contributed by atoms with van der Waals surface area (Å²) < 4.78 is 46.4. The number of hydrogen-bond donors (Lipinski definition) is 1. The number of nitrogens with zero attached hydrogens (tertiary/aromatic N) is 5. The summed E-state index contributed by atoms with van der Waals surface area (Å²) in [4.78, 5) is 26.2. The number of ether oxygens (including phenoxy) is 1. The number of Topliss-reactive ketones (excluding diaryl/α,β-unsaturated/α-hetero) is 1. The topological polar surface area (TPSA) is 75.5 Å². The molecule has 0 aliphatic carbocycles. The molecule has 1 aliphatic rings. The van der Waals surface area contributed by atoms with E-state index in [1.165, 1.54) is 12.1 Å². The van der Waals surface area contributed by atoms with Crippen LogP contribution in [0, 0.1) is 0 Å². The van der Waals surface area contributed by atoms with E-state index in [0.29, 0.717) is 40.9 Å². The zero-order chi connectivity index (χ0) is 28.3. The van der Waals surface area contributed by atoms with E-state index in [1.807, 2.05) is 23.7 Å². The van der Waals surface area contributed by atoms with Gasteiger partial charge in [-0.3, -0.25) is 14.7 Å². The van der Waals surface area contributed by atoms with Gasteiger partial charge >= 0.3 is 6.18 Å². The maximum atomic E-state index is 12.9. The van der Waals surface area contributed by atoms with Gasteiger partial charge in [0, 0.05) is 57.2 Å². The van der Waals surface area contributed by atoms with E-state index in [1.54, 1.807) is 24.4 Å². The van der Waals surface area contributed by atoms with E-state index in [-0.39, 0.29) is 12.2 Å². The Morgan fingerprint density at radius 3 is 2.38 bits per heavy atom. The Morgan fingerprint density at radius 1 is 0.975 bits per heavy atom. The summed E-state index contributed by atoms with van der Waals surface area (Å²) in [6.07, 6.45) is -2.52. The largest absolute Gasteiger partial charge is 0.457 e. The Labute approximate surface area is 230 Å². The van der Waals surface area contributed by atoms with Gasteiger partial charge in [0.05, 0.1) is 35.3 Å². The van der Waals surface area contributed by atoms with Gasteiger partial charge in [0.2, 0.25) is 5.95 Å². The van der Waals surface area contributed by atoms with Gasteiger partial charge in [-0.2, -0.15) is 13.2 Å². The van der Waals surface area contributed by atoms with Crippen molar-refractivity contribution in [3.05, 3.63) is 72.1 Å². The number of piperazine rings is 1. The molecular weight excluding hydrogens is 521 g/mol. The Bertz CT molecular complexity index is 1480. The van der Waals surface area contributed by atoms with Crippen molar-refractivity contribution in [1.29, 1.82) is 0 Å². The molecule has 0 spiro atoms. The fourth-order valence-electron chi connectivity index (χ4n) is 4.75. The van der Waals surface area contributed by atoms with Gasteiger partial charge in [-0.25, -0.2) is 4.98 Å². The molecule has 3 heterocycles. The van der Waals surface area contributed by atoms with Gasteiger partial charge in [-0.05, 0) is 49.0 Å². The van der Waals surface area contributed by atoms with Gasteiger partial charge in [-0.1, -0.05) is 6.92 Å². The first-order chi connectivity index (χ1) is 19.2. The highest BCUT2D eigenvalue weighted by molar-refractivity contribution is 5.83. The third-order valence-electron chi connectivity index (χ3n) is 7.03. The summed E-state index contributed by atoms with van der Waals surface area (Å²) in [6, 6.07) is 13.8. The first-order valence-corrected chi connectivity index (χ1v) is 13.2. The van der Waals surface area contributed by atoms with Gasteiger partial charge in [0.1, 0.15) is 11.5 Å². The van der Waals surface area contributed by atoms with Gasteiger partial charge in [0.25, 0.3) is 0 Å². The van der Waals surface area contributed by atoms with Crippen LogP contribution in [0.1, 0.15) is 18.2 Å². The highest BCUT2D eigenvalue weighted by atomic mass is 19.4. The number of carbonyl (C=O) groups is 1. The average molecular weight is 553 g/mol. The van der Waals surface area contributed by atoms with E-state index in [2.05, 4.69) is 32.0 Å². The molecule has 0 radical (unpaired) electrons. The molecule has 0 unspecified atom stereocenters. The second-order valence-corrected chi connectivity index (χ2v) is 9.86. The minimum absolute atomic E-state index is 0.123. The van der Waals surface area contributed by atoms with E-state index in [0.717, 1.165) is 50.4 Å². The molecular formula is C29H31F3N6O2. The SMILES string of the molecule is CCN1CCN(CC(=O)Cc2cc(Oc3ccc4c(c3)nc(Nc3ccc(C(F)(F)F)cc3)n4C)ccn2)CC1. The molecule has 1 fully saturated rings.